The third-order valence-electron chi connectivity index (χ3n) is 4.40. The van der Waals surface area contributed by atoms with Gasteiger partial charge in [-0.2, -0.15) is 5.26 Å². The molecule has 1 atom stereocenters. The summed E-state index contributed by atoms with van der Waals surface area (Å²) >= 11 is 0. The summed E-state index contributed by atoms with van der Waals surface area (Å²) in [6.45, 7) is 2.07. The SMILES string of the molecule is COC(=O)C1CCOc2cc(Oc3ccc(C(=O)O)cc3C)c(C#N)cc21. The van der Waals surface area contributed by atoms with E-state index in [0.29, 0.717) is 35.7 Å². The van der Waals surface area contributed by atoms with Crippen molar-refractivity contribution in [2.24, 2.45) is 0 Å². The largest absolute Gasteiger partial charge is 0.493 e. The standard InChI is InChI=1S/C20H17NO6/c1-11-7-12(19(22)23)3-4-16(11)27-17-9-18-15(8-13(17)10-21)14(5-6-26-18)20(24)25-2/h3-4,7-9,14H,5-6H2,1-2H3,(H,22,23). The maximum atomic E-state index is 12.0. The van der Waals surface area contributed by atoms with Gasteiger partial charge in [0.1, 0.15) is 23.3 Å². The van der Waals surface area contributed by atoms with E-state index < -0.39 is 11.9 Å². The number of benzene rings is 2. The number of rotatable bonds is 4. The van der Waals surface area contributed by atoms with Gasteiger partial charge >= 0.3 is 11.9 Å². The fourth-order valence-electron chi connectivity index (χ4n) is 2.99. The molecular weight excluding hydrogens is 350 g/mol. The van der Waals surface area contributed by atoms with Crippen molar-refractivity contribution in [3.8, 4) is 23.3 Å². The summed E-state index contributed by atoms with van der Waals surface area (Å²) in [6.07, 6.45) is 0.473. The molecule has 0 amide bonds. The molecule has 7 heteroatoms. The van der Waals surface area contributed by atoms with E-state index in [1.54, 1.807) is 19.1 Å². The summed E-state index contributed by atoms with van der Waals surface area (Å²) in [4.78, 5) is 23.1. The van der Waals surface area contributed by atoms with Crippen LogP contribution in [0.5, 0.6) is 17.2 Å². The van der Waals surface area contributed by atoms with Gasteiger partial charge in [-0.1, -0.05) is 0 Å². The predicted octanol–water partition coefficient (Wildman–Crippen LogP) is 3.40. The Labute approximate surface area is 155 Å². The number of hydrogen-bond donors (Lipinski definition) is 1. The van der Waals surface area contributed by atoms with Crippen LogP contribution in [0.3, 0.4) is 0 Å². The fraction of sp³-hybridized carbons (Fsp3) is 0.250. The van der Waals surface area contributed by atoms with E-state index in [4.69, 9.17) is 19.3 Å². The van der Waals surface area contributed by atoms with E-state index in [2.05, 4.69) is 6.07 Å². The Morgan fingerprint density at radius 3 is 2.67 bits per heavy atom. The molecule has 2 aromatic rings. The number of carbonyl (C=O) groups is 2. The Hall–Kier alpha value is -3.53. The summed E-state index contributed by atoms with van der Waals surface area (Å²) in [5.74, 6) is -0.734. The number of aromatic carboxylic acids is 1. The van der Waals surface area contributed by atoms with Gasteiger partial charge in [-0.3, -0.25) is 4.79 Å². The van der Waals surface area contributed by atoms with Crippen molar-refractivity contribution in [1.29, 1.82) is 5.26 Å². The van der Waals surface area contributed by atoms with Gasteiger partial charge in [-0.05, 0) is 43.2 Å². The van der Waals surface area contributed by atoms with Gasteiger partial charge in [0.2, 0.25) is 0 Å². The summed E-state index contributed by atoms with van der Waals surface area (Å²) in [6, 6.07) is 9.68. The number of aryl methyl sites for hydroxylation is 1. The number of nitrogens with zero attached hydrogens (tertiary/aromatic N) is 1. The van der Waals surface area contributed by atoms with E-state index >= 15 is 0 Å². The lowest BCUT2D eigenvalue weighted by atomic mass is 9.91. The number of nitriles is 1. The zero-order valence-electron chi connectivity index (χ0n) is 14.8. The van der Waals surface area contributed by atoms with Crippen LogP contribution in [-0.4, -0.2) is 30.8 Å². The maximum absolute atomic E-state index is 12.0. The predicted molar refractivity (Wildman–Crippen MR) is 94.2 cm³/mol. The highest BCUT2D eigenvalue weighted by molar-refractivity contribution is 5.88. The molecule has 0 bridgehead atoms. The van der Waals surface area contributed by atoms with Crippen LogP contribution in [-0.2, 0) is 9.53 Å². The minimum atomic E-state index is -1.03. The number of methoxy groups -OCH3 is 1. The molecule has 7 nitrogen and oxygen atoms in total. The normalized spacial score (nSPS) is 15.1. The van der Waals surface area contributed by atoms with E-state index in [1.165, 1.54) is 25.3 Å². The van der Waals surface area contributed by atoms with Gasteiger partial charge in [0.15, 0.2) is 0 Å². The van der Waals surface area contributed by atoms with Crippen LogP contribution < -0.4 is 9.47 Å². The van der Waals surface area contributed by atoms with Crippen molar-refractivity contribution in [1.82, 2.24) is 0 Å². The number of fused-ring (bicyclic) bond motifs is 1. The molecule has 0 fully saturated rings. The lowest BCUT2D eigenvalue weighted by molar-refractivity contribution is -0.143. The van der Waals surface area contributed by atoms with Crippen LogP contribution in [0.15, 0.2) is 30.3 Å². The Balaban J connectivity index is 1.99. The Morgan fingerprint density at radius 1 is 1.26 bits per heavy atom. The molecule has 1 N–H and O–H groups in total. The molecule has 0 aromatic heterocycles. The molecule has 1 unspecified atom stereocenters. The number of carbonyl (C=O) groups excluding carboxylic acids is 1. The smallest absolute Gasteiger partial charge is 0.335 e. The van der Waals surface area contributed by atoms with Gasteiger partial charge in [0.25, 0.3) is 0 Å². The first-order chi connectivity index (χ1) is 12.9. The second-order valence-corrected chi connectivity index (χ2v) is 6.10. The molecule has 2 aromatic carbocycles. The molecule has 0 radical (unpaired) electrons. The number of hydrogen-bond acceptors (Lipinski definition) is 6. The molecular formula is C20H17NO6. The summed E-state index contributed by atoms with van der Waals surface area (Å²) < 4.78 is 16.3. The van der Waals surface area contributed by atoms with Crippen molar-refractivity contribution < 1.29 is 28.9 Å². The first-order valence-corrected chi connectivity index (χ1v) is 8.25. The second-order valence-electron chi connectivity index (χ2n) is 6.10. The van der Waals surface area contributed by atoms with Crippen LogP contribution in [0.2, 0.25) is 0 Å². The van der Waals surface area contributed by atoms with Crippen LogP contribution >= 0.6 is 0 Å². The maximum Gasteiger partial charge on any atom is 0.335 e. The van der Waals surface area contributed by atoms with Crippen molar-refractivity contribution in [2.75, 3.05) is 13.7 Å². The Morgan fingerprint density at radius 2 is 2.04 bits per heavy atom. The molecule has 0 aliphatic carbocycles. The summed E-state index contributed by atoms with van der Waals surface area (Å²) in [5, 5.41) is 18.6. The minimum absolute atomic E-state index is 0.148. The molecule has 27 heavy (non-hydrogen) atoms. The van der Waals surface area contributed by atoms with E-state index in [9.17, 15) is 14.9 Å². The Kier molecular flexibility index (Phi) is 4.99. The first kappa shape index (κ1) is 18.3. The number of ether oxygens (including phenoxy) is 3. The van der Waals surface area contributed by atoms with E-state index in [-0.39, 0.29) is 22.8 Å². The zero-order chi connectivity index (χ0) is 19.6. The molecule has 1 heterocycles. The number of esters is 1. The summed E-state index contributed by atoms with van der Waals surface area (Å²) in [7, 11) is 1.32. The van der Waals surface area contributed by atoms with Crippen molar-refractivity contribution >= 4 is 11.9 Å². The average Bonchev–Trinajstić information content (AvgIpc) is 2.67. The number of carboxylic acids is 1. The molecule has 0 saturated carbocycles. The Bertz CT molecular complexity index is 960. The van der Waals surface area contributed by atoms with Gasteiger partial charge in [0.05, 0.1) is 30.8 Å². The van der Waals surface area contributed by atoms with Crippen molar-refractivity contribution in [2.45, 2.75) is 19.3 Å². The topological polar surface area (TPSA) is 106 Å². The first-order valence-electron chi connectivity index (χ1n) is 8.25. The number of carboxylic acid groups (broad SMARTS) is 1. The van der Waals surface area contributed by atoms with Crippen LogP contribution in [0.4, 0.5) is 0 Å². The molecule has 3 rings (SSSR count). The van der Waals surface area contributed by atoms with E-state index in [0.717, 1.165) is 0 Å². The van der Waals surface area contributed by atoms with Crippen molar-refractivity contribution in [3.63, 3.8) is 0 Å². The monoisotopic (exact) mass is 367 g/mol. The van der Waals surface area contributed by atoms with Crippen LogP contribution in [0.25, 0.3) is 0 Å². The molecule has 138 valence electrons. The lowest BCUT2D eigenvalue weighted by Gasteiger charge is -2.25. The van der Waals surface area contributed by atoms with E-state index in [1.807, 2.05) is 0 Å². The highest BCUT2D eigenvalue weighted by Gasteiger charge is 2.30. The third kappa shape index (κ3) is 3.55. The van der Waals surface area contributed by atoms with Crippen molar-refractivity contribution in [3.05, 3.63) is 52.6 Å². The molecule has 0 spiro atoms. The molecule has 1 aliphatic rings. The van der Waals surface area contributed by atoms with Crippen LogP contribution in [0, 0.1) is 18.3 Å². The van der Waals surface area contributed by atoms with Gasteiger partial charge in [-0.25, -0.2) is 4.79 Å². The second kappa shape index (κ2) is 7.38. The molecule has 1 aliphatic heterocycles. The quantitative estimate of drug-likeness (QED) is 0.826. The van der Waals surface area contributed by atoms with Crippen LogP contribution in [0.1, 0.15) is 39.4 Å². The molecule has 0 saturated heterocycles. The minimum Gasteiger partial charge on any atom is -0.493 e. The zero-order valence-corrected chi connectivity index (χ0v) is 14.8. The third-order valence-corrected chi connectivity index (χ3v) is 4.40. The fourth-order valence-corrected chi connectivity index (χ4v) is 2.99. The van der Waals surface area contributed by atoms with Gasteiger partial charge in [-0.15, -0.1) is 0 Å². The lowest BCUT2D eigenvalue weighted by Crippen LogP contribution is -2.22. The van der Waals surface area contributed by atoms with Gasteiger partial charge < -0.3 is 19.3 Å². The average molecular weight is 367 g/mol. The summed E-state index contributed by atoms with van der Waals surface area (Å²) in [5.41, 5.74) is 1.60. The highest BCUT2D eigenvalue weighted by Crippen LogP contribution is 2.40. The van der Waals surface area contributed by atoms with Gasteiger partial charge in [0, 0.05) is 11.6 Å². The highest BCUT2D eigenvalue weighted by atomic mass is 16.5.